The third-order valence-corrected chi connectivity index (χ3v) is 2.82. The minimum atomic E-state index is 0.0299. The highest BCUT2D eigenvalue weighted by Crippen LogP contribution is 2.17. The molecule has 4 heteroatoms. The monoisotopic (exact) mass is 215 g/mol. The maximum atomic E-state index is 11.5. The number of likely N-dealkylation sites (N-methyl/N-ethyl adjacent to an activating group) is 1. The summed E-state index contributed by atoms with van der Waals surface area (Å²) < 4.78 is 5.55. The number of hydrogen-bond acceptors (Lipinski definition) is 3. The zero-order chi connectivity index (χ0) is 11.1. The van der Waals surface area contributed by atoms with Crippen LogP contribution in [-0.2, 0) is 9.53 Å². The van der Waals surface area contributed by atoms with Gasteiger partial charge in [0.2, 0.25) is 5.91 Å². The average molecular weight is 215 g/mol. The van der Waals surface area contributed by atoms with Crippen molar-refractivity contribution in [2.75, 3.05) is 26.8 Å². The van der Waals surface area contributed by atoms with E-state index in [1.54, 1.807) is 11.9 Å². The Bertz CT molecular complexity index is 190. The van der Waals surface area contributed by atoms with E-state index in [0.717, 1.165) is 25.9 Å². The predicted molar refractivity (Wildman–Crippen MR) is 57.5 cm³/mol. The first-order chi connectivity index (χ1) is 7.24. The zero-order valence-electron chi connectivity index (χ0n) is 9.45. The van der Waals surface area contributed by atoms with Crippen LogP contribution in [0.1, 0.15) is 32.1 Å². The van der Waals surface area contributed by atoms with Gasteiger partial charge in [-0.1, -0.05) is 0 Å². The van der Waals surface area contributed by atoms with Gasteiger partial charge in [0, 0.05) is 26.6 Å². The lowest BCUT2D eigenvalue weighted by Crippen LogP contribution is -2.30. The Morgan fingerprint density at radius 2 is 2.33 bits per heavy atom. The average Bonchev–Trinajstić information content (AvgIpc) is 2.27. The molecule has 0 bridgehead atoms. The van der Waals surface area contributed by atoms with Crippen molar-refractivity contribution in [3.05, 3.63) is 0 Å². The third-order valence-electron chi connectivity index (χ3n) is 2.82. The molecule has 0 radical (unpaired) electrons. The Kier molecular flexibility index (Phi) is 5.65. The van der Waals surface area contributed by atoms with Crippen molar-refractivity contribution in [1.29, 1.82) is 0 Å². The van der Waals surface area contributed by atoms with Crippen LogP contribution in [0.15, 0.2) is 0 Å². The number of aliphatic hydroxyl groups is 1. The van der Waals surface area contributed by atoms with Crippen molar-refractivity contribution < 1.29 is 14.6 Å². The summed E-state index contributed by atoms with van der Waals surface area (Å²) in [6.45, 7) is 1.29. The topological polar surface area (TPSA) is 49.8 Å². The Morgan fingerprint density at radius 1 is 1.53 bits per heavy atom. The summed E-state index contributed by atoms with van der Waals surface area (Å²) >= 11 is 0. The number of aliphatic hydroxyl groups excluding tert-OH is 1. The van der Waals surface area contributed by atoms with Crippen molar-refractivity contribution in [3.8, 4) is 0 Å². The smallest absolute Gasteiger partial charge is 0.222 e. The number of carbonyl (C=O) groups excluding carboxylic acids is 1. The summed E-state index contributed by atoms with van der Waals surface area (Å²) in [5, 5.41) is 8.68. The molecule has 0 aliphatic carbocycles. The molecule has 0 spiro atoms. The molecule has 4 nitrogen and oxygen atoms in total. The first-order valence-electron chi connectivity index (χ1n) is 5.70. The molecule has 1 heterocycles. The highest BCUT2D eigenvalue weighted by molar-refractivity contribution is 5.75. The van der Waals surface area contributed by atoms with Crippen molar-refractivity contribution in [2.45, 2.75) is 38.2 Å². The van der Waals surface area contributed by atoms with Gasteiger partial charge in [0.25, 0.3) is 0 Å². The number of rotatable bonds is 5. The molecule has 1 rings (SSSR count). The normalized spacial score (nSPS) is 21.3. The van der Waals surface area contributed by atoms with E-state index >= 15 is 0 Å². The van der Waals surface area contributed by atoms with Crippen LogP contribution < -0.4 is 0 Å². The second kappa shape index (κ2) is 6.80. The molecular formula is C11H21NO3. The van der Waals surface area contributed by atoms with Crippen molar-refractivity contribution in [1.82, 2.24) is 4.90 Å². The van der Waals surface area contributed by atoms with Gasteiger partial charge in [0.05, 0.1) is 12.7 Å². The fraction of sp³-hybridized carbons (Fsp3) is 0.909. The highest BCUT2D eigenvalue weighted by Gasteiger charge is 2.16. The summed E-state index contributed by atoms with van der Waals surface area (Å²) in [5.74, 6) is 0.0956. The van der Waals surface area contributed by atoms with Crippen molar-refractivity contribution >= 4 is 5.91 Å². The fourth-order valence-corrected chi connectivity index (χ4v) is 1.79. The summed E-state index contributed by atoms with van der Waals surface area (Å²) in [4.78, 5) is 13.1. The quantitative estimate of drug-likeness (QED) is 0.737. The largest absolute Gasteiger partial charge is 0.395 e. The van der Waals surface area contributed by atoms with Crippen LogP contribution in [0.25, 0.3) is 0 Å². The summed E-state index contributed by atoms with van der Waals surface area (Å²) in [6, 6.07) is 0. The van der Waals surface area contributed by atoms with E-state index in [1.807, 2.05) is 0 Å². The molecule has 1 amide bonds. The van der Waals surface area contributed by atoms with Crippen LogP contribution in [0.4, 0.5) is 0 Å². The van der Waals surface area contributed by atoms with E-state index in [0.29, 0.717) is 13.0 Å². The Labute approximate surface area is 91.2 Å². The van der Waals surface area contributed by atoms with E-state index in [4.69, 9.17) is 9.84 Å². The van der Waals surface area contributed by atoms with Gasteiger partial charge in [0.15, 0.2) is 0 Å². The van der Waals surface area contributed by atoms with E-state index < -0.39 is 0 Å². The number of ether oxygens (including phenoxy) is 1. The van der Waals surface area contributed by atoms with E-state index in [-0.39, 0.29) is 18.6 Å². The SMILES string of the molecule is CN(CCO)C(=O)CCC1CCCCO1. The Hall–Kier alpha value is -0.610. The summed E-state index contributed by atoms with van der Waals surface area (Å²) in [6.07, 6.45) is 5.05. The van der Waals surface area contributed by atoms with Crippen molar-refractivity contribution in [2.24, 2.45) is 0 Å². The summed E-state index contributed by atoms with van der Waals surface area (Å²) in [5.41, 5.74) is 0. The van der Waals surface area contributed by atoms with Gasteiger partial charge in [-0.2, -0.15) is 0 Å². The maximum absolute atomic E-state index is 11.5. The molecular weight excluding hydrogens is 194 g/mol. The molecule has 1 aliphatic rings. The van der Waals surface area contributed by atoms with E-state index in [2.05, 4.69) is 0 Å². The first kappa shape index (κ1) is 12.5. The maximum Gasteiger partial charge on any atom is 0.222 e. The molecule has 1 N–H and O–H groups in total. The van der Waals surface area contributed by atoms with Gasteiger partial charge in [-0.25, -0.2) is 0 Å². The lowest BCUT2D eigenvalue weighted by atomic mass is 10.0. The molecule has 0 aromatic rings. The fourth-order valence-electron chi connectivity index (χ4n) is 1.79. The Balaban J connectivity index is 2.14. The first-order valence-corrected chi connectivity index (χ1v) is 5.70. The molecule has 1 fully saturated rings. The van der Waals surface area contributed by atoms with Gasteiger partial charge < -0.3 is 14.7 Å². The summed E-state index contributed by atoms with van der Waals surface area (Å²) in [7, 11) is 1.72. The molecule has 1 atom stereocenters. The highest BCUT2D eigenvalue weighted by atomic mass is 16.5. The van der Waals surface area contributed by atoms with Crippen LogP contribution in [0.3, 0.4) is 0 Å². The number of hydrogen-bond donors (Lipinski definition) is 1. The minimum absolute atomic E-state index is 0.0299. The number of carbonyl (C=O) groups is 1. The van der Waals surface area contributed by atoms with E-state index in [9.17, 15) is 4.79 Å². The van der Waals surface area contributed by atoms with Crippen LogP contribution in [0.2, 0.25) is 0 Å². The minimum Gasteiger partial charge on any atom is -0.395 e. The van der Waals surface area contributed by atoms with Crippen molar-refractivity contribution in [3.63, 3.8) is 0 Å². The van der Waals surface area contributed by atoms with Gasteiger partial charge in [0.1, 0.15) is 0 Å². The van der Waals surface area contributed by atoms with Crippen LogP contribution >= 0.6 is 0 Å². The predicted octanol–water partition coefficient (Wildman–Crippen LogP) is 0.786. The second-order valence-electron chi connectivity index (χ2n) is 4.07. The molecule has 0 saturated carbocycles. The lowest BCUT2D eigenvalue weighted by Gasteiger charge is -2.23. The molecule has 88 valence electrons. The van der Waals surface area contributed by atoms with Gasteiger partial charge in [-0.3, -0.25) is 4.79 Å². The molecule has 15 heavy (non-hydrogen) atoms. The lowest BCUT2D eigenvalue weighted by molar-refractivity contribution is -0.131. The van der Waals surface area contributed by atoms with Gasteiger partial charge in [-0.05, 0) is 25.7 Å². The van der Waals surface area contributed by atoms with Crippen LogP contribution in [0.5, 0.6) is 0 Å². The molecule has 1 unspecified atom stereocenters. The van der Waals surface area contributed by atoms with E-state index in [1.165, 1.54) is 6.42 Å². The molecule has 1 aliphatic heterocycles. The molecule has 0 aromatic heterocycles. The van der Waals surface area contributed by atoms with Crippen LogP contribution in [-0.4, -0.2) is 48.8 Å². The number of nitrogens with zero attached hydrogens (tertiary/aromatic N) is 1. The molecule has 0 aromatic carbocycles. The zero-order valence-corrected chi connectivity index (χ0v) is 9.45. The second-order valence-corrected chi connectivity index (χ2v) is 4.07. The number of amides is 1. The van der Waals surface area contributed by atoms with Gasteiger partial charge >= 0.3 is 0 Å². The van der Waals surface area contributed by atoms with Gasteiger partial charge in [-0.15, -0.1) is 0 Å². The third kappa shape index (κ3) is 4.62. The Morgan fingerprint density at radius 3 is 2.93 bits per heavy atom. The molecule has 1 saturated heterocycles. The standard InChI is InChI=1S/C11H21NO3/c1-12(7-8-13)11(14)6-5-10-4-2-3-9-15-10/h10,13H,2-9H2,1H3. The van der Waals surface area contributed by atoms with Crippen LogP contribution in [0, 0.1) is 0 Å².